The first-order valence-corrected chi connectivity index (χ1v) is 8.73. The lowest BCUT2D eigenvalue weighted by molar-refractivity contribution is -0.149. The summed E-state index contributed by atoms with van der Waals surface area (Å²) < 4.78 is 15.9. The van der Waals surface area contributed by atoms with E-state index in [2.05, 4.69) is 12.2 Å². The minimum absolute atomic E-state index is 0.0431. The molecule has 134 valence electrons. The number of methoxy groups -OCH3 is 2. The van der Waals surface area contributed by atoms with Crippen LogP contribution in [0.5, 0.6) is 11.5 Å². The van der Waals surface area contributed by atoms with Crippen molar-refractivity contribution in [1.82, 2.24) is 5.32 Å². The van der Waals surface area contributed by atoms with Gasteiger partial charge in [0.2, 0.25) is 0 Å². The predicted molar refractivity (Wildman–Crippen MR) is 93.5 cm³/mol. The second-order valence-corrected chi connectivity index (χ2v) is 6.30. The van der Waals surface area contributed by atoms with Crippen molar-refractivity contribution >= 4 is 5.97 Å². The third-order valence-corrected chi connectivity index (χ3v) is 4.74. The summed E-state index contributed by atoms with van der Waals surface area (Å²) in [5, 5.41) is 3.66. The van der Waals surface area contributed by atoms with Crippen molar-refractivity contribution in [2.75, 3.05) is 20.8 Å². The van der Waals surface area contributed by atoms with Gasteiger partial charge < -0.3 is 19.5 Å². The highest BCUT2D eigenvalue weighted by Gasteiger charge is 2.28. The van der Waals surface area contributed by atoms with Crippen LogP contribution in [0.2, 0.25) is 0 Å². The largest absolute Gasteiger partial charge is 0.497 e. The van der Waals surface area contributed by atoms with Gasteiger partial charge in [0.15, 0.2) is 0 Å². The molecule has 1 unspecified atom stereocenters. The molecular weight excluding hydrogens is 306 g/mol. The fourth-order valence-electron chi connectivity index (χ4n) is 3.38. The van der Waals surface area contributed by atoms with Gasteiger partial charge in [0.25, 0.3) is 0 Å². The van der Waals surface area contributed by atoms with Gasteiger partial charge in [-0.05, 0) is 57.7 Å². The molecule has 0 aliphatic heterocycles. The molecule has 0 aromatic heterocycles. The second-order valence-electron chi connectivity index (χ2n) is 6.30. The van der Waals surface area contributed by atoms with Gasteiger partial charge >= 0.3 is 5.97 Å². The van der Waals surface area contributed by atoms with Crippen molar-refractivity contribution in [3.63, 3.8) is 0 Å². The molecule has 0 amide bonds. The Balaban J connectivity index is 1.94. The SMILES string of the molecule is CCOC(=O)C1CCC(NC(C)c2cc(OC)ccc2OC)CC1. The average molecular weight is 335 g/mol. The average Bonchev–Trinajstić information content (AvgIpc) is 2.61. The van der Waals surface area contributed by atoms with Crippen molar-refractivity contribution in [2.45, 2.75) is 51.6 Å². The highest BCUT2D eigenvalue weighted by Crippen LogP contribution is 2.32. The molecule has 0 heterocycles. The summed E-state index contributed by atoms with van der Waals surface area (Å²) in [5.74, 6) is 1.70. The van der Waals surface area contributed by atoms with E-state index < -0.39 is 0 Å². The van der Waals surface area contributed by atoms with Gasteiger partial charge in [0.05, 0.1) is 26.7 Å². The Bertz CT molecular complexity index is 538. The van der Waals surface area contributed by atoms with Gasteiger partial charge in [-0.15, -0.1) is 0 Å². The highest BCUT2D eigenvalue weighted by atomic mass is 16.5. The van der Waals surface area contributed by atoms with Crippen molar-refractivity contribution in [3.05, 3.63) is 23.8 Å². The maximum absolute atomic E-state index is 11.8. The summed E-state index contributed by atoms with van der Waals surface area (Å²) in [6.45, 7) is 4.45. The van der Waals surface area contributed by atoms with E-state index >= 15 is 0 Å². The Morgan fingerprint density at radius 3 is 2.50 bits per heavy atom. The van der Waals surface area contributed by atoms with Crippen LogP contribution in [-0.4, -0.2) is 32.8 Å². The van der Waals surface area contributed by atoms with Crippen LogP contribution in [-0.2, 0) is 9.53 Å². The molecule has 24 heavy (non-hydrogen) atoms. The van der Waals surface area contributed by atoms with Crippen LogP contribution in [0, 0.1) is 5.92 Å². The number of esters is 1. The van der Waals surface area contributed by atoms with Gasteiger partial charge in [-0.1, -0.05) is 0 Å². The molecule has 1 aromatic rings. The van der Waals surface area contributed by atoms with Crippen LogP contribution in [0.4, 0.5) is 0 Å². The minimum atomic E-state index is -0.0431. The maximum atomic E-state index is 11.8. The molecule has 1 aliphatic rings. The Kier molecular flexibility index (Phi) is 6.91. The van der Waals surface area contributed by atoms with Crippen molar-refractivity contribution in [3.8, 4) is 11.5 Å². The van der Waals surface area contributed by atoms with E-state index in [1.165, 1.54) is 0 Å². The normalized spacial score (nSPS) is 21.8. The number of rotatable bonds is 7. The van der Waals surface area contributed by atoms with Gasteiger partial charge in [0, 0.05) is 17.6 Å². The van der Waals surface area contributed by atoms with Gasteiger partial charge in [-0.3, -0.25) is 4.79 Å². The minimum Gasteiger partial charge on any atom is -0.497 e. The molecule has 2 rings (SSSR count). The summed E-state index contributed by atoms with van der Waals surface area (Å²) in [6.07, 6.45) is 3.75. The van der Waals surface area contributed by atoms with Crippen LogP contribution >= 0.6 is 0 Å². The first kappa shape index (κ1) is 18.6. The van der Waals surface area contributed by atoms with E-state index in [1.54, 1.807) is 14.2 Å². The molecule has 0 spiro atoms. The summed E-state index contributed by atoms with van der Waals surface area (Å²) in [7, 11) is 3.35. The van der Waals surface area contributed by atoms with Crippen molar-refractivity contribution in [2.24, 2.45) is 5.92 Å². The second kappa shape index (κ2) is 8.92. The van der Waals surface area contributed by atoms with Crippen molar-refractivity contribution in [1.29, 1.82) is 0 Å². The summed E-state index contributed by atoms with van der Waals surface area (Å²) in [4.78, 5) is 11.8. The van der Waals surface area contributed by atoms with E-state index in [-0.39, 0.29) is 17.9 Å². The molecular formula is C19H29NO4. The quantitative estimate of drug-likeness (QED) is 0.773. The smallest absolute Gasteiger partial charge is 0.308 e. The Morgan fingerprint density at radius 2 is 1.92 bits per heavy atom. The lowest BCUT2D eigenvalue weighted by Crippen LogP contribution is -2.36. The maximum Gasteiger partial charge on any atom is 0.308 e. The standard InChI is InChI=1S/C19H29NO4/c1-5-24-19(21)14-6-8-15(9-7-14)20-13(2)17-12-16(22-3)10-11-18(17)23-4/h10-15,20H,5-9H2,1-4H3. The topological polar surface area (TPSA) is 56.8 Å². The van der Waals surface area contributed by atoms with Gasteiger partial charge in [0.1, 0.15) is 11.5 Å². The molecule has 0 saturated heterocycles. The molecule has 1 N–H and O–H groups in total. The Hall–Kier alpha value is -1.75. The molecule has 5 nitrogen and oxygen atoms in total. The summed E-state index contributed by atoms with van der Waals surface area (Å²) in [6, 6.07) is 6.41. The lowest BCUT2D eigenvalue weighted by atomic mass is 9.85. The highest BCUT2D eigenvalue weighted by molar-refractivity contribution is 5.72. The van der Waals surface area contributed by atoms with Gasteiger partial charge in [-0.25, -0.2) is 0 Å². The number of benzene rings is 1. The Morgan fingerprint density at radius 1 is 1.21 bits per heavy atom. The van der Waals surface area contributed by atoms with Crippen LogP contribution in [0.25, 0.3) is 0 Å². The van der Waals surface area contributed by atoms with Crippen LogP contribution in [0.1, 0.15) is 51.1 Å². The molecule has 1 atom stereocenters. The third-order valence-electron chi connectivity index (χ3n) is 4.74. The number of hydrogen-bond acceptors (Lipinski definition) is 5. The first-order chi connectivity index (χ1) is 11.6. The third kappa shape index (κ3) is 4.63. The molecule has 1 fully saturated rings. The number of hydrogen-bond donors (Lipinski definition) is 1. The van der Waals surface area contributed by atoms with Crippen LogP contribution < -0.4 is 14.8 Å². The number of nitrogens with one attached hydrogen (secondary N) is 1. The van der Waals surface area contributed by atoms with Crippen molar-refractivity contribution < 1.29 is 19.0 Å². The zero-order valence-corrected chi connectivity index (χ0v) is 15.1. The number of ether oxygens (including phenoxy) is 3. The molecule has 1 saturated carbocycles. The summed E-state index contributed by atoms with van der Waals surface area (Å²) >= 11 is 0. The lowest BCUT2D eigenvalue weighted by Gasteiger charge is -2.30. The number of carbonyl (C=O) groups is 1. The van der Waals surface area contributed by atoms with E-state index in [9.17, 15) is 4.79 Å². The first-order valence-electron chi connectivity index (χ1n) is 8.73. The molecule has 1 aromatic carbocycles. The van der Waals surface area contributed by atoms with E-state index in [1.807, 2.05) is 25.1 Å². The fourth-order valence-corrected chi connectivity index (χ4v) is 3.38. The Labute approximate surface area is 144 Å². The predicted octanol–water partition coefficient (Wildman–Crippen LogP) is 3.48. The van der Waals surface area contributed by atoms with Crippen LogP contribution in [0.3, 0.4) is 0 Å². The zero-order chi connectivity index (χ0) is 17.5. The molecule has 0 radical (unpaired) electrons. The summed E-state index contributed by atoms with van der Waals surface area (Å²) in [5.41, 5.74) is 1.09. The monoisotopic (exact) mass is 335 g/mol. The van der Waals surface area contributed by atoms with E-state index in [0.717, 1.165) is 42.7 Å². The molecule has 0 bridgehead atoms. The fraction of sp³-hybridized carbons (Fsp3) is 0.632. The van der Waals surface area contributed by atoms with E-state index in [0.29, 0.717) is 12.6 Å². The molecule has 1 aliphatic carbocycles. The van der Waals surface area contributed by atoms with E-state index in [4.69, 9.17) is 14.2 Å². The van der Waals surface area contributed by atoms with Gasteiger partial charge in [-0.2, -0.15) is 0 Å². The molecule has 5 heteroatoms. The van der Waals surface area contributed by atoms with Crippen LogP contribution in [0.15, 0.2) is 18.2 Å². The number of carbonyl (C=O) groups excluding carboxylic acids is 1. The zero-order valence-electron chi connectivity index (χ0n) is 15.1.